The standard InChI is InChI=1S/C12H19NO2S/c1-4-12(13)9(2)16(14)11-7-5-6-10(8-11)15-3/h5-9,12H,4,13H2,1-3H3. The van der Waals surface area contributed by atoms with Crippen molar-refractivity contribution in [3.63, 3.8) is 0 Å². The first kappa shape index (κ1) is 13.2. The second kappa shape index (κ2) is 6.01. The minimum Gasteiger partial charge on any atom is -0.497 e. The molecule has 0 saturated carbocycles. The van der Waals surface area contributed by atoms with Gasteiger partial charge in [0, 0.05) is 10.9 Å². The predicted molar refractivity (Wildman–Crippen MR) is 67.1 cm³/mol. The van der Waals surface area contributed by atoms with Crippen molar-refractivity contribution in [1.82, 2.24) is 0 Å². The lowest BCUT2D eigenvalue weighted by Gasteiger charge is -2.17. The van der Waals surface area contributed by atoms with Gasteiger partial charge in [-0.15, -0.1) is 0 Å². The molecule has 0 aromatic heterocycles. The maximum Gasteiger partial charge on any atom is 0.120 e. The predicted octanol–water partition coefficient (Wildman–Crippen LogP) is 1.93. The molecule has 16 heavy (non-hydrogen) atoms. The molecule has 3 unspecified atom stereocenters. The van der Waals surface area contributed by atoms with Gasteiger partial charge in [0.25, 0.3) is 0 Å². The van der Waals surface area contributed by atoms with Gasteiger partial charge in [0.1, 0.15) is 5.75 Å². The summed E-state index contributed by atoms with van der Waals surface area (Å²) in [6.07, 6.45) is 0.830. The summed E-state index contributed by atoms with van der Waals surface area (Å²) < 4.78 is 17.3. The number of hydrogen-bond acceptors (Lipinski definition) is 3. The minimum absolute atomic E-state index is 0.0352. The molecular formula is C12H19NO2S. The molecule has 0 aliphatic carbocycles. The molecule has 2 N–H and O–H groups in total. The van der Waals surface area contributed by atoms with Gasteiger partial charge in [-0.3, -0.25) is 4.21 Å². The van der Waals surface area contributed by atoms with E-state index in [2.05, 4.69) is 0 Å². The highest BCUT2D eigenvalue weighted by molar-refractivity contribution is 7.85. The summed E-state index contributed by atoms with van der Waals surface area (Å²) in [5, 5.41) is -0.0443. The molecule has 0 saturated heterocycles. The van der Waals surface area contributed by atoms with Crippen LogP contribution in [0.4, 0.5) is 0 Å². The molecule has 90 valence electrons. The highest BCUT2D eigenvalue weighted by Crippen LogP contribution is 2.19. The number of ether oxygens (including phenoxy) is 1. The van der Waals surface area contributed by atoms with Crippen molar-refractivity contribution < 1.29 is 8.95 Å². The van der Waals surface area contributed by atoms with Crippen LogP contribution < -0.4 is 10.5 Å². The SMILES string of the molecule is CCC(N)C(C)S(=O)c1cccc(OC)c1. The maximum atomic E-state index is 12.2. The topological polar surface area (TPSA) is 52.3 Å². The number of nitrogens with two attached hydrogens (primary N) is 1. The summed E-state index contributed by atoms with van der Waals surface area (Å²) in [7, 11) is 0.525. The second-order valence-corrected chi connectivity index (χ2v) is 5.56. The van der Waals surface area contributed by atoms with Gasteiger partial charge in [0.2, 0.25) is 0 Å². The van der Waals surface area contributed by atoms with Crippen molar-refractivity contribution in [3.05, 3.63) is 24.3 Å². The molecule has 3 atom stereocenters. The number of hydrogen-bond donors (Lipinski definition) is 1. The molecule has 1 rings (SSSR count). The van der Waals surface area contributed by atoms with Crippen LogP contribution in [0.1, 0.15) is 20.3 Å². The molecule has 0 aliphatic heterocycles. The van der Waals surface area contributed by atoms with Crippen LogP contribution in [0.2, 0.25) is 0 Å². The zero-order chi connectivity index (χ0) is 12.1. The van der Waals surface area contributed by atoms with E-state index in [-0.39, 0.29) is 11.3 Å². The Labute approximate surface area is 99.4 Å². The number of methoxy groups -OCH3 is 1. The summed E-state index contributed by atoms with van der Waals surface area (Å²) in [5.74, 6) is 0.725. The molecule has 0 fully saturated rings. The maximum absolute atomic E-state index is 12.2. The van der Waals surface area contributed by atoms with E-state index in [1.165, 1.54) is 0 Å². The molecule has 0 radical (unpaired) electrons. The molecular weight excluding hydrogens is 222 g/mol. The lowest BCUT2D eigenvalue weighted by molar-refractivity contribution is 0.413. The van der Waals surface area contributed by atoms with Gasteiger partial charge in [0.15, 0.2) is 0 Å². The van der Waals surface area contributed by atoms with Gasteiger partial charge in [-0.1, -0.05) is 13.0 Å². The molecule has 0 spiro atoms. The smallest absolute Gasteiger partial charge is 0.120 e. The fourth-order valence-electron chi connectivity index (χ4n) is 1.43. The van der Waals surface area contributed by atoms with E-state index in [0.29, 0.717) is 0 Å². The van der Waals surface area contributed by atoms with Crippen molar-refractivity contribution in [2.24, 2.45) is 5.73 Å². The largest absolute Gasteiger partial charge is 0.497 e. The normalized spacial score (nSPS) is 16.5. The molecule has 0 aliphatic rings. The Bertz CT molecular complexity index is 368. The second-order valence-electron chi connectivity index (χ2n) is 3.75. The Morgan fingerprint density at radius 2 is 2.19 bits per heavy atom. The van der Waals surface area contributed by atoms with Gasteiger partial charge in [-0.05, 0) is 31.5 Å². The highest BCUT2D eigenvalue weighted by Gasteiger charge is 2.19. The molecule has 0 bridgehead atoms. The van der Waals surface area contributed by atoms with Crippen LogP contribution in [0.15, 0.2) is 29.2 Å². The number of rotatable bonds is 5. The van der Waals surface area contributed by atoms with E-state index in [0.717, 1.165) is 17.1 Å². The van der Waals surface area contributed by atoms with Crippen LogP contribution in [0.3, 0.4) is 0 Å². The highest BCUT2D eigenvalue weighted by atomic mass is 32.2. The average molecular weight is 241 g/mol. The van der Waals surface area contributed by atoms with Gasteiger partial charge in [-0.25, -0.2) is 0 Å². The summed E-state index contributed by atoms with van der Waals surface area (Å²) in [6, 6.07) is 7.29. The molecule has 1 aromatic rings. The third-order valence-electron chi connectivity index (χ3n) is 2.69. The molecule has 0 amide bonds. The van der Waals surface area contributed by atoms with Gasteiger partial charge >= 0.3 is 0 Å². The van der Waals surface area contributed by atoms with E-state index in [1.807, 2.05) is 32.0 Å². The van der Waals surface area contributed by atoms with Gasteiger partial charge in [-0.2, -0.15) is 0 Å². The van der Waals surface area contributed by atoms with Crippen LogP contribution in [-0.4, -0.2) is 22.6 Å². The van der Waals surface area contributed by atoms with E-state index in [4.69, 9.17) is 10.5 Å². The molecule has 3 nitrogen and oxygen atoms in total. The van der Waals surface area contributed by atoms with E-state index in [1.54, 1.807) is 13.2 Å². The molecule has 4 heteroatoms. The van der Waals surface area contributed by atoms with Crippen molar-refractivity contribution in [2.45, 2.75) is 36.5 Å². The fraction of sp³-hybridized carbons (Fsp3) is 0.500. The van der Waals surface area contributed by atoms with Gasteiger partial charge < -0.3 is 10.5 Å². The van der Waals surface area contributed by atoms with Crippen molar-refractivity contribution in [2.75, 3.05) is 7.11 Å². The Hall–Kier alpha value is -0.870. The van der Waals surface area contributed by atoms with Crippen LogP contribution in [0.25, 0.3) is 0 Å². The summed E-state index contributed by atoms with van der Waals surface area (Å²) in [5.41, 5.74) is 5.90. The van der Waals surface area contributed by atoms with Gasteiger partial charge in [0.05, 0.1) is 23.2 Å². The monoisotopic (exact) mass is 241 g/mol. The van der Waals surface area contributed by atoms with Crippen molar-refractivity contribution >= 4 is 10.8 Å². The van der Waals surface area contributed by atoms with E-state index in [9.17, 15) is 4.21 Å². The zero-order valence-corrected chi connectivity index (χ0v) is 10.8. The quantitative estimate of drug-likeness (QED) is 0.857. The fourth-order valence-corrected chi connectivity index (χ4v) is 2.82. The van der Waals surface area contributed by atoms with Crippen LogP contribution in [-0.2, 0) is 10.8 Å². The lowest BCUT2D eigenvalue weighted by atomic mass is 10.2. The van der Waals surface area contributed by atoms with E-state index < -0.39 is 10.8 Å². The van der Waals surface area contributed by atoms with Crippen LogP contribution in [0, 0.1) is 0 Å². The van der Waals surface area contributed by atoms with Crippen molar-refractivity contribution in [3.8, 4) is 5.75 Å². The number of benzene rings is 1. The molecule has 0 heterocycles. The first-order chi connectivity index (χ1) is 7.60. The first-order valence-corrected chi connectivity index (χ1v) is 6.61. The third kappa shape index (κ3) is 3.06. The average Bonchev–Trinajstić information content (AvgIpc) is 2.36. The molecule has 1 aromatic carbocycles. The van der Waals surface area contributed by atoms with E-state index >= 15 is 0 Å². The first-order valence-electron chi connectivity index (χ1n) is 5.40. The van der Waals surface area contributed by atoms with Crippen molar-refractivity contribution in [1.29, 1.82) is 0 Å². The Morgan fingerprint density at radius 3 is 2.75 bits per heavy atom. The third-order valence-corrected chi connectivity index (χ3v) is 4.43. The minimum atomic E-state index is -1.08. The van der Waals surface area contributed by atoms with Crippen LogP contribution >= 0.6 is 0 Å². The Balaban J connectivity index is 2.87. The lowest BCUT2D eigenvalue weighted by Crippen LogP contribution is -2.34. The zero-order valence-electron chi connectivity index (χ0n) is 9.97. The Kier molecular flexibility index (Phi) is 4.96. The summed E-state index contributed by atoms with van der Waals surface area (Å²) >= 11 is 0. The summed E-state index contributed by atoms with van der Waals surface area (Å²) in [4.78, 5) is 0.774. The van der Waals surface area contributed by atoms with Crippen LogP contribution in [0.5, 0.6) is 5.75 Å². The Morgan fingerprint density at radius 1 is 1.50 bits per heavy atom. The summed E-state index contributed by atoms with van der Waals surface area (Å²) in [6.45, 7) is 3.92.